The van der Waals surface area contributed by atoms with E-state index in [0.717, 1.165) is 24.9 Å². The molecule has 0 saturated carbocycles. The van der Waals surface area contributed by atoms with Crippen molar-refractivity contribution in [2.75, 3.05) is 18.9 Å². The average Bonchev–Trinajstić information content (AvgIpc) is 2.64. The number of hydroxylamine groups is 2. The van der Waals surface area contributed by atoms with E-state index in [0.29, 0.717) is 17.0 Å². The van der Waals surface area contributed by atoms with E-state index in [4.69, 9.17) is 0 Å². The summed E-state index contributed by atoms with van der Waals surface area (Å²) in [5, 5.41) is 12.7. The highest BCUT2D eigenvalue weighted by Crippen LogP contribution is 2.11. The molecule has 1 aromatic rings. The molecule has 0 unspecified atom stereocenters. The fraction of sp³-hybridized carbons (Fsp3) is 0.471. The zero-order chi connectivity index (χ0) is 18.7. The number of hydrazine groups is 1. The lowest BCUT2D eigenvalue weighted by Crippen LogP contribution is -2.46. The van der Waals surface area contributed by atoms with Gasteiger partial charge in [0.25, 0.3) is 5.91 Å². The third kappa shape index (κ3) is 7.21. The molecule has 0 saturated heterocycles. The molecule has 0 heterocycles. The van der Waals surface area contributed by atoms with Crippen molar-refractivity contribution in [3.05, 3.63) is 29.8 Å². The third-order valence-electron chi connectivity index (χ3n) is 3.79. The average molecular weight is 350 g/mol. The van der Waals surface area contributed by atoms with Crippen LogP contribution in [0.1, 0.15) is 43.0 Å². The van der Waals surface area contributed by atoms with E-state index < -0.39 is 17.7 Å². The number of benzene rings is 1. The number of hydrogen-bond acceptors (Lipinski definition) is 5. The smallest absolute Gasteiger partial charge is 0.269 e. The Morgan fingerprint density at radius 2 is 1.88 bits per heavy atom. The Morgan fingerprint density at radius 3 is 2.44 bits per heavy atom. The maximum Gasteiger partial charge on any atom is 0.269 e. The number of amides is 3. The van der Waals surface area contributed by atoms with Gasteiger partial charge in [-0.1, -0.05) is 26.2 Å². The van der Waals surface area contributed by atoms with E-state index >= 15 is 0 Å². The predicted octanol–water partition coefficient (Wildman–Crippen LogP) is 1.53. The molecule has 8 nitrogen and oxygen atoms in total. The molecule has 0 aliphatic rings. The summed E-state index contributed by atoms with van der Waals surface area (Å²) < 4.78 is 0. The van der Waals surface area contributed by atoms with Gasteiger partial charge in [-0.25, -0.2) is 5.06 Å². The van der Waals surface area contributed by atoms with Crippen LogP contribution >= 0.6 is 0 Å². The molecule has 1 aromatic carbocycles. The van der Waals surface area contributed by atoms with E-state index in [1.165, 1.54) is 0 Å². The van der Waals surface area contributed by atoms with Gasteiger partial charge in [0, 0.05) is 18.3 Å². The number of unbranched alkanes of at least 4 members (excludes halogenated alkanes) is 2. The second-order valence-electron chi connectivity index (χ2n) is 5.69. The van der Waals surface area contributed by atoms with Crippen LogP contribution in [0.5, 0.6) is 0 Å². The second kappa shape index (κ2) is 11.0. The number of nitrogens with zero attached hydrogens (tertiary/aromatic N) is 1. The molecule has 0 aromatic heterocycles. The summed E-state index contributed by atoms with van der Waals surface area (Å²) in [6, 6.07) is 6.76. The second-order valence-corrected chi connectivity index (χ2v) is 5.69. The SMILES string of the molecule is CCCCC[C@H](CN(O)C=O)C(=O)NNC(=O)c1ccc(NC)cc1. The number of carbonyl (C=O) groups is 3. The van der Waals surface area contributed by atoms with E-state index in [2.05, 4.69) is 16.2 Å². The van der Waals surface area contributed by atoms with Gasteiger partial charge in [-0.05, 0) is 30.7 Å². The monoisotopic (exact) mass is 350 g/mol. The Bertz CT molecular complexity index is 562. The molecular formula is C17H26N4O4. The van der Waals surface area contributed by atoms with Crippen molar-refractivity contribution < 1.29 is 19.6 Å². The Labute approximate surface area is 147 Å². The number of hydrogen-bond donors (Lipinski definition) is 4. The predicted molar refractivity (Wildman–Crippen MR) is 93.8 cm³/mol. The van der Waals surface area contributed by atoms with Gasteiger partial charge in [-0.3, -0.25) is 30.4 Å². The Hall–Kier alpha value is -2.61. The Morgan fingerprint density at radius 1 is 1.20 bits per heavy atom. The molecule has 0 spiro atoms. The van der Waals surface area contributed by atoms with Crippen LogP contribution in [0.25, 0.3) is 0 Å². The highest BCUT2D eigenvalue weighted by atomic mass is 16.5. The minimum Gasteiger partial charge on any atom is -0.388 e. The van der Waals surface area contributed by atoms with Crippen molar-refractivity contribution >= 4 is 23.9 Å². The Kier molecular flexibility index (Phi) is 9.02. The summed E-state index contributed by atoms with van der Waals surface area (Å²) in [6.45, 7) is 1.92. The van der Waals surface area contributed by atoms with E-state index in [1.807, 2.05) is 6.92 Å². The minimum atomic E-state index is -0.603. The summed E-state index contributed by atoms with van der Waals surface area (Å²) in [4.78, 5) is 34.8. The van der Waals surface area contributed by atoms with Gasteiger partial charge in [0.15, 0.2) is 0 Å². The molecule has 4 N–H and O–H groups in total. The quantitative estimate of drug-likeness (QED) is 0.221. The fourth-order valence-electron chi connectivity index (χ4n) is 2.30. The lowest BCUT2D eigenvalue weighted by atomic mass is 10.0. The highest BCUT2D eigenvalue weighted by molar-refractivity contribution is 5.95. The number of nitrogens with one attached hydrogen (secondary N) is 3. The van der Waals surface area contributed by atoms with Crippen LogP contribution in [-0.2, 0) is 9.59 Å². The molecule has 25 heavy (non-hydrogen) atoms. The number of rotatable bonds is 10. The van der Waals surface area contributed by atoms with Crippen molar-refractivity contribution in [1.29, 1.82) is 0 Å². The van der Waals surface area contributed by atoms with Crippen molar-refractivity contribution in [1.82, 2.24) is 15.9 Å². The van der Waals surface area contributed by atoms with Crippen LogP contribution in [0, 0.1) is 5.92 Å². The number of carbonyl (C=O) groups excluding carboxylic acids is 3. The lowest BCUT2D eigenvalue weighted by Gasteiger charge is -2.19. The zero-order valence-electron chi connectivity index (χ0n) is 14.6. The van der Waals surface area contributed by atoms with Gasteiger partial charge in [0.2, 0.25) is 12.3 Å². The molecule has 0 radical (unpaired) electrons. The van der Waals surface area contributed by atoms with Crippen molar-refractivity contribution in [2.45, 2.75) is 32.6 Å². The van der Waals surface area contributed by atoms with Gasteiger partial charge >= 0.3 is 0 Å². The van der Waals surface area contributed by atoms with Crippen LogP contribution < -0.4 is 16.2 Å². The molecule has 1 rings (SSSR count). The maximum atomic E-state index is 12.2. The van der Waals surface area contributed by atoms with E-state index in [1.54, 1.807) is 31.3 Å². The molecular weight excluding hydrogens is 324 g/mol. The normalized spacial score (nSPS) is 11.3. The van der Waals surface area contributed by atoms with Gasteiger partial charge in [0.1, 0.15) is 0 Å². The third-order valence-corrected chi connectivity index (χ3v) is 3.79. The topological polar surface area (TPSA) is 111 Å². The molecule has 8 heteroatoms. The van der Waals surface area contributed by atoms with Gasteiger partial charge in [0.05, 0.1) is 12.5 Å². The summed E-state index contributed by atoms with van der Waals surface area (Å²) in [5.41, 5.74) is 5.98. The van der Waals surface area contributed by atoms with Crippen molar-refractivity contribution in [3.8, 4) is 0 Å². The standard InChI is InChI=1S/C17H26N4O4/c1-3-4-5-6-14(11-21(25)12-22)17(24)20-19-16(23)13-7-9-15(18-2)10-8-13/h7-10,12,14,18,25H,3-6,11H2,1-2H3,(H,19,23)(H,20,24)/t14-/m1/s1. The zero-order valence-corrected chi connectivity index (χ0v) is 14.6. The van der Waals surface area contributed by atoms with Crippen LogP contribution in [-0.4, -0.2) is 42.1 Å². The molecule has 0 aliphatic carbocycles. The summed E-state index contributed by atoms with van der Waals surface area (Å²) in [6.07, 6.45) is 3.49. The molecule has 3 amide bonds. The fourth-order valence-corrected chi connectivity index (χ4v) is 2.30. The van der Waals surface area contributed by atoms with Crippen LogP contribution in [0.4, 0.5) is 5.69 Å². The summed E-state index contributed by atoms with van der Waals surface area (Å²) in [7, 11) is 1.78. The summed E-state index contributed by atoms with van der Waals surface area (Å²) in [5.74, 6) is -1.49. The van der Waals surface area contributed by atoms with Crippen LogP contribution in [0.15, 0.2) is 24.3 Å². The molecule has 0 aliphatic heterocycles. The van der Waals surface area contributed by atoms with Gasteiger partial charge in [-0.2, -0.15) is 0 Å². The first-order chi connectivity index (χ1) is 12.0. The minimum absolute atomic E-state index is 0.119. The first kappa shape index (κ1) is 20.4. The van der Waals surface area contributed by atoms with Crippen molar-refractivity contribution in [2.24, 2.45) is 5.92 Å². The molecule has 0 bridgehead atoms. The highest BCUT2D eigenvalue weighted by Gasteiger charge is 2.21. The number of anilines is 1. The Balaban J connectivity index is 2.58. The van der Waals surface area contributed by atoms with E-state index in [9.17, 15) is 19.6 Å². The first-order valence-electron chi connectivity index (χ1n) is 8.30. The largest absolute Gasteiger partial charge is 0.388 e. The van der Waals surface area contributed by atoms with Gasteiger partial charge in [-0.15, -0.1) is 0 Å². The van der Waals surface area contributed by atoms with Crippen LogP contribution in [0.3, 0.4) is 0 Å². The molecule has 1 atom stereocenters. The lowest BCUT2D eigenvalue weighted by molar-refractivity contribution is -0.154. The summed E-state index contributed by atoms with van der Waals surface area (Å²) >= 11 is 0. The maximum absolute atomic E-state index is 12.2. The molecule has 138 valence electrons. The first-order valence-corrected chi connectivity index (χ1v) is 8.30. The van der Waals surface area contributed by atoms with E-state index in [-0.39, 0.29) is 13.0 Å². The molecule has 0 fully saturated rings. The van der Waals surface area contributed by atoms with Crippen LogP contribution in [0.2, 0.25) is 0 Å². The van der Waals surface area contributed by atoms with Crippen molar-refractivity contribution in [3.63, 3.8) is 0 Å². The van der Waals surface area contributed by atoms with Gasteiger partial charge < -0.3 is 5.32 Å².